The van der Waals surface area contributed by atoms with Gasteiger partial charge in [0.1, 0.15) is 0 Å². The van der Waals surface area contributed by atoms with Gasteiger partial charge in [-0.2, -0.15) is 0 Å². The molecule has 0 unspecified atom stereocenters. The average Bonchev–Trinajstić information content (AvgIpc) is 3.47. The molecule has 7 nitrogen and oxygen atoms in total. The number of aromatic nitrogens is 1. The number of carbonyl (C=O) groups excluding carboxylic acids is 3. The van der Waals surface area contributed by atoms with Crippen molar-refractivity contribution >= 4 is 17.7 Å². The summed E-state index contributed by atoms with van der Waals surface area (Å²) < 4.78 is 2.02. The molecule has 0 aliphatic carbocycles. The van der Waals surface area contributed by atoms with Gasteiger partial charge >= 0.3 is 11.8 Å². The smallest absolute Gasteiger partial charge is 0.312 e. The summed E-state index contributed by atoms with van der Waals surface area (Å²) in [6.45, 7) is 3.12. The summed E-state index contributed by atoms with van der Waals surface area (Å²) in [6, 6.07) is 11.9. The lowest BCUT2D eigenvalue weighted by atomic mass is 10.1. The second-order valence-electron chi connectivity index (χ2n) is 7.61. The van der Waals surface area contributed by atoms with Crippen molar-refractivity contribution in [2.24, 2.45) is 0 Å². The molecule has 2 fully saturated rings. The Morgan fingerprint density at radius 1 is 0.690 bits per heavy atom. The molecule has 2 aromatic rings. The molecule has 152 valence electrons. The molecule has 0 radical (unpaired) electrons. The molecule has 0 atom stereocenters. The zero-order valence-corrected chi connectivity index (χ0v) is 16.5. The van der Waals surface area contributed by atoms with Crippen LogP contribution in [0.15, 0.2) is 48.8 Å². The zero-order valence-electron chi connectivity index (χ0n) is 16.5. The second kappa shape index (κ2) is 8.51. The van der Waals surface area contributed by atoms with Crippen LogP contribution in [0.1, 0.15) is 18.4 Å². The standard InChI is InChI=1S/C22H26N4O3/c27-20(17-18-5-7-19(8-6-18)23-9-1-2-10-23)24-13-15-26(16-14-24)22(29)21(28)25-11-3-4-12-25/h1-2,5-10H,3-4,11-17H2. The van der Waals surface area contributed by atoms with Crippen molar-refractivity contribution in [1.82, 2.24) is 19.3 Å². The van der Waals surface area contributed by atoms with Gasteiger partial charge in [-0.25, -0.2) is 0 Å². The maximum atomic E-state index is 12.6. The summed E-state index contributed by atoms with van der Waals surface area (Å²) in [6.07, 6.45) is 6.23. The van der Waals surface area contributed by atoms with Gasteiger partial charge in [-0.05, 0) is 42.7 Å². The lowest BCUT2D eigenvalue weighted by molar-refractivity contribution is -0.153. The minimum absolute atomic E-state index is 0.0525. The number of nitrogens with zero attached hydrogens (tertiary/aromatic N) is 4. The summed E-state index contributed by atoms with van der Waals surface area (Å²) in [5.41, 5.74) is 2.02. The van der Waals surface area contributed by atoms with Crippen molar-refractivity contribution in [1.29, 1.82) is 0 Å². The van der Waals surface area contributed by atoms with Crippen LogP contribution in [0.4, 0.5) is 0 Å². The van der Waals surface area contributed by atoms with Crippen LogP contribution in [0.25, 0.3) is 5.69 Å². The highest BCUT2D eigenvalue weighted by Gasteiger charge is 2.31. The number of hydrogen-bond donors (Lipinski definition) is 0. The largest absolute Gasteiger partial charge is 0.339 e. The minimum atomic E-state index is -0.431. The number of piperazine rings is 1. The highest BCUT2D eigenvalue weighted by Crippen LogP contribution is 2.13. The fraction of sp³-hybridized carbons (Fsp3) is 0.409. The number of hydrogen-bond acceptors (Lipinski definition) is 3. The van der Waals surface area contributed by atoms with E-state index in [-0.39, 0.29) is 5.91 Å². The molecule has 3 amide bonds. The van der Waals surface area contributed by atoms with Crippen molar-refractivity contribution in [3.63, 3.8) is 0 Å². The quantitative estimate of drug-likeness (QED) is 0.738. The maximum absolute atomic E-state index is 12.6. The van der Waals surface area contributed by atoms with E-state index < -0.39 is 11.8 Å². The third kappa shape index (κ3) is 4.34. The zero-order chi connectivity index (χ0) is 20.2. The van der Waals surface area contributed by atoms with Crippen LogP contribution in [0, 0.1) is 0 Å². The van der Waals surface area contributed by atoms with E-state index >= 15 is 0 Å². The van der Waals surface area contributed by atoms with Gasteiger partial charge in [-0.3, -0.25) is 14.4 Å². The monoisotopic (exact) mass is 394 g/mol. The van der Waals surface area contributed by atoms with E-state index in [1.54, 1.807) is 14.7 Å². The number of carbonyl (C=O) groups is 3. The highest BCUT2D eigenvalue weighted by molar-refractivity contribution is 6.35. The lowest BCUT2D eigenvalue weighted by Gasteiger charge is -2.35. The Kier molecular flexibility index (Phi) is 5.64. The first kappa shape index (κ1) is 19.2. The van der Waals surface area contributed by atoms with Gasteiger partial charge in [0, 0.05) is 57.3 Å². The Morgan fingerprint density at radius 3 is 1.79 bits per heavy atom. The van der Waals surface area contributed by atoms with Crippen LogP contribution >= 0.6 is 0 Å². The van der Waals surface area contributed by atoms with E-state index in [0.29, 0.717) is 45.7 Å². The van der Waals surface area contributed by atoms with Crippen LogP contribution in [0.3, 0.4) is 0 Å². The van der Waals surface area contributed by atoms with Crippen molar-refractivity contribution in [2.45, 2.75) is 19.3 Å². The Balaban J connectivity index is 1.27. The summed E-state index contributed by atoms with van der Waals surface area (Å²) in [7, 11) is 0. The molecule has 2 saturated heterocycles. The van der Waals surface area contributed by atoms with E-state index in [0.717, 1.165) is 24.1 Å². The first-order chi connectivity index (χ1) is 14.1. The molecule has 0 bridgehead atoms. The minimum Gasteiger partial charge on any atom is -0.339 e. The molecule has 29 heavy (non-hydrogen) atoms. The third-order valence-corrected chi connectivity index (χ3v) is 5.69. The second-order valence-corrected chi connectivity index (χ2v) is 7.61. The molecule has 7 heteroatoms. The Hall–Kier alpha value is -3.09. The van der Waals surface area contributed by atoms with Gasteiger partial charge in [0.05, 0.1) is 6.42 Å². The van der Waals surface area contributed by atoms with Gasteiger partial charge in [-0.15, -0.1) is 0 Å². The van der Waals surface area contributed by atoms with Crippen molar-refractivity contribution in [2.75, 3.05) is 39.3 Å². The van der Waals surface area contributed by atoms with Gasteiger partial charge < -0.3 is 19.3 Å². The predicted molar refractivity (Wildman–Crippen MR) is 108 cm³/mol. The number of likely N-dealkylation sites (tertiary alicyclic amines) is 1. The number of benzene rings is 1. The Labute approximate surface area is 170 Å². The van der Waals surface area contributed by atoms with E-state index in [2.05, 4.69) is 0 Å². The molecule has 0 spiro atoms. The fourth-order valence-electron chi connectivity index (χ4n) is 3.93. The van der Waals surface area contributed by atoms with Crippen LogP contribution in [0.5, 0.6) is 0 Å². The van der Waals surface area contributed by atoms with Crippen LogP contribution in [-0.2, 0) is 20.8 Å². The maximum Gasteiger partial charge on any atom is 0.312 e. The summed E-state index contributed by atoms with van der Waals surface area (Å²) in [5.74, 6) is -0.777. The van der Waals surface area contributed by atoms with Gasteiger partial charge in [0.2, 0.25) is 5.91 Å². The van der Waals surface area contributed by atoms with Gasteiger partial charge in [0.25, 0.3) is 0 Å². The van der Waals surface area contributed by atoms with E-state index in [1.807, 2.05) is 53.4 Å². The molecule has 1 aromatic heterocycles. The van der Waals surface area contributed by atoms with E-state index in [9.17, 15) is 14.4 Å². The summed E-state index contributed by atoms with van der Waals surface area (Å²) in [4.78, 5) is 42.3. The summed E-state index contributed by atoms with van der Waals surface area (Å²) in [5, 5.41) is 0. The van der Waals surface area contributed by atoms with Crippen molar-refractivity contribution < 1.29 is 14.4 Å². The third-order valence-electron chi connectivity index (χ3n) is 5.69. The first-order valence-electron chi connectivity index (χ1n) is 10.2. The highest BCUT2D eigenvalue weighted by atomic mass is 16.2. The van der Waals surface area contributed by atoms with Crippen LogP contribution < -0.4 is 0 Å². The Bertz CT molecular complexity index is 862. The Morgan fingerprint density at radius 2 is 1.21 bits per heavy atom. The van der Waals surface area contributed by atoms with E-state index in [4.69, 9.17) is 0 Å². The van der Waals surface area contributed by atoms with Crippen LogP contribution in [-0.4, -0.2) is 76.3 Å². The molecule has 0 N–H and O–H groups in total. The molecule has 2 aliphatic heterocycles. The predicted octanol–water partition coefficient (Wildman–Crippen LogP) is 1.31. The average molecular weight is 394 g/mol. The summed E-state index contributed by atoms with van der Waals surface area (Å²) >= 11 is 0. The SMILES string of the molecule is O=C(Cc1ccc(-n2cccc2)cc1)N1CCN(C(=O)C(=O)N2CCCC2)CC1. The molecular formula is C22H26N4O3. The molecule has 4 rings (SSSR count). The van der Waals surface area contributed by atoms with Gasteiger partial charge in [-0.1, -0.05) is 12.1 Å². The molecule has 2 aliphatic rings. The molecular weight excluding hydrogens is 368 g/mol. The normalized spacial score (nSPS) is 16.9. The number of amides is 3. The topological polar surface area (TPSA) is 65.9 Å². The lowest BCUT2D eigenvalue weighted by Crippen LogP contribution is -2.54. The molecule has 3 heterocycles. The van der Waals surface area contributed by atoms with E-state index in [1.165, 1.54) is 0 Å². The molecule has 0 saturated carbocycles. The molecule has 1 aromatic carbocycles. The fourth-order valence-corrected chi connectivity index (χ4v) is 3.93. The van der Waals surface area contributed by atoms with Gasteiger partial charge in [0.15, 0.2) is 0 Å². The van der Waals surface area contributed by atoms with Crippen molar-refractivity contribution in [3.05, 3.63) is 54.4 Å². The number of rotatable bonds is 3. The van der Waals surface area contributed by atoms with Crippen LogP contribution in [0.2, 0.25) is 0 Å². The van der Waals surface area contributed by atoms with Crippen molar-refractivity contribution in [3.8, 4) is 5.69 Å². The first-order valence-corrected chi connectivity index (χ1v) is 10.2.